The molecule has 1 fully saturated rings. The van der Waals surface area contributed by atoms with Crippen molar-refractivity contribution in [3.05, 3.63) is 20.8 Å². The summed E-state index contributed by atoms with van der Waals surface area (Å²) in [7, 11) is -2.88. The van der Waals surface area contributed by atoms with Crippen molar-refractivity contribution >= 4 is 37.1 Å². The summed E-state index contributed by atoms with van der Waals surface area (Å²) in [6.45, 7) is 0.831. The highest BCUT2D eigenvalue weighted by molar-refractivity contribution is 9.11. The third-order valence-electron chi connectivity index (χ3n) is 3.43. The highest BCUT2D eigenvalue weighted by atomic mass is 79.9. The highest BCUT2D eigenvalue weighted by Crippen LogP contribution is 2.25. The summed E-state index contributed by atoms with van der Waals surface area (Å²) in [4.78, 5) is 1.28. The van der Waals surface area contributed by atoms with E-state index in [1.54, 1.807) is 11.3 Å². The van der Waals surface area contributed by atoms with Crippen LogP contribution in [0.3, 0.4) is 0 Å². The molecule has 3 nitrogen and oxygen atoms in total. The molecule has 102 valence electrons. The van der Waals surface area contributed by atoms with Crippen molar-refractivity contribution in [2.45, 2.75) is 43.5 Å². The molecule has 0 aliphatic heterocycles. The normalized spacial score (nSPS) is 25.2. The van der Waals surface area contributed by atoms with Crippen molar-refractivity contribution in [1.82, 2.24) is 5.32 Å². The molecule has 2 rings (SSSR count). The molecule has 1 saturated carbocycles. The van der Waals surface area contributed by atoms with Crippen molar-refractivity contribution in [2.75, 3.05) is 6.26 Å². The van der Waals surface area contributed by atoms with Crippen molar-refractivity contribution in [3.63, 3.8) is 0 Å². The minimum absolute atomic E-state index is 0.154. The third kappa shape index (κ3) is 4.05. The molecule has 0 radical (unpaired) electrons. The van der Waals surface area contributed by atoms with Gasteiger partial charge in [0.25, 0.3) is 0 Å². The molecule has 2 unspecified atom stereocenters. The van der Waals surface area contributed by atoms with Crippen LogP contribution >= 0.6 is 27.3 Å². The number of hydrogen-bond acceptors (Lipinski definition) is 4. The molecule has 2 atom stereocenters. The van der Waals surface area contributed by atoms with Gasteiger partial charge in [0.05, 0.1) is 9.04 Å². The van der Waals surface area contributed by atoms with Gasteiger partial charge in [0, 0.05) is 23.7 Å². The van der Waals surface area contributed by atoms with Crippen LogP contribution in [0.4, 0.5) is 0 Å². The summed E-state index contributed by atoms with van der Waals surface area (Å²) in [6, 6.07) is 4.47. The Morgan fingerprint density at radius 3 is 2.83 bits per heavy atom. The van der Waals surface area contributed by atoms with E-state index < -0.39 is 9.84 Å². The Bertz CT molecular complexity index is 498. The summed E-state index contributed by atoms with van der Waals surface area (Å²) in [5, 5.41) is 3.32. The van der Waals surface area contributed by atoms with Gasteiger partial charge in [0.1, 0.15) is 9.84 Å². The highest BCUT2D eigenvalue weighted by Gasteiger charge is 2.28. The first-order valence-corrected chi connectivity index (χ1v) is 9.68. The van der Waals surface area contributed by atoms with Gasteiger partial charge in [-0.1, -0.05) is 6.42 Å². The van der Waals surface area contributed by atoms with Gasteiger partial charge in [0.2, 0.25) is 0 Å². The minimum atomic E-state index is -2.88. The van der Waals surface area contributed by atoms with Crippen molar-refractivity contribution < 1.29 is 8.42 Å². The number of halogens is 1. The predicted octanol–water partition coefficient (Wildman–Crippen LogP) is 2.96. The maximum absolute atomic E-state index is 11.6. The molecule has 1 heterocycles. The summed E-state index contributed by atoms with van der Waals surface area (Å²) in [5.74, 6) is 0. The molecule has 0 aromatic carbocycles. The first-order chi connectivity index (χ1) is 8.45. The average molecular weight is 352 g/mol. The van der Waals surface area contributed by atoms with Gasteiger partial charge in [-0.3, -0.25) is 0 Å². The lowest BCUT2D eigenvalue weighted by Gasteiger charge is -2.28. The third-order valence-corrected chi connectivity index (χ3v) is 6.69. The van der Waals surface area contributed by atoms with E-state index in [9.17, 15) is 8.42 Å². The fourth-order valence-corrected chi connectivity index (χ4v) is 5.02. The number of rotatable bonds is 4. The van der Waals surface area contributed by atoms with Crippen LogP contribution < -0.4 is 5.32 Å². The van der Waals surface area contributed by atoms with Crippen LogP contribution in [0.15, 0.2) is 15.9 Å². The second-order valence-electron chi connectivity index (χ2n) is 4.90. The first kappa shape index (κ1) is 14.5. The quantitative estimate of drug-likeness (QED) is 0.906. The largest absolute Gasteiger partial charge is 0.309 e. The molecule has 0 saturated heterocycles. The molecule has 1 aromatic heterocycles. The zero-order chi connectivity index (χ0) is 13.2. The number of thiophene rings is 1. The molecule has 1 aromatic rings. The molecule has 18 heavy (non-hydrogen) atoms. The summed E-state index contributed by atoms with van der Waals surface area (Å²) < 4.78 is 24.3. The lowest BCUT2D eigenvalue weighted by molar-refractivity contribution is 0.372. The molecule has 1 N–H and O–H groups in total. The van der Waals surface area contributed by atoms with Crippen molar-refractivity contribution in [3.8, 4) is 0 Å². The van der Waals surface area contributed by atoms with Gasteiger partial charge < -0.3 is 5.32 Å². The van der Waals surface area contributed by atoms with E-state index in [0.717, 1.165) is 36.0 Å². The number of nitrogens with one attached hydrogen (secondary N) is 1. The molecule has 1 aliphatic rings. The summed E-state index contributed by atoms with van der Waals surface area (Å²) in [5.41, 5.74) is 0. The van der Waals surface area contributed by atoms with Gasteiger partial charge >= 0.3 is 0 Å². The van der Waals surface area contributed by atoms with Crippen LogP contribution in [0.2, 0.25) is 0 Å². The zero-order valence-corrected chi connectivity index (χ0v) is 13.6. The maximum atomic E-state index is 11.6. The topological polar surface area (TPSA) is 46.2 Å². The van der Waals surface area contributed by atoms with Crippen molar-refractivity contribution in [2.24, 2.45) is 0 Å². The van der Waals surface area contributed by atoms with Gasteiger partial charge in [0.15, 0.2) is 0 Å². The Morgan fingerprint density at radius 2 is 2.22 bits per heavy atom. The lowest BCUT2D eigenvalue weighted by atomic mass is 9.95. The number of sulfone groups is 1. The van der Waals surface area contributed by atoms with Crippen LogP contribution in [0.5, 0.6) is 0 Å². The van der Waals surface area contributed by atoms with E-state index in [2.05, 4.69) is 27.3 Å². The average Bonchev–Trinajstić information content (AvgIpc) is 2.72. The van der Waals surface area contributed by atoms with Gasteiger partial charge in [-0.15, -0.1) is 11.3 Å². The standard InChI is InChI=1S/C12H18BrNO2S2/c1-18(15,16)11-4-2-3-9(7-11)14-8-10-5-6-12(13)17-10/h5-6,9,11,14H,2-4,7-8H2,1H3. The molecular weight excluding hydrogens is 334 g/mol. The van der Waals surface area contributed by atoms with Crippen LogP contribution in [-0.2, 0) is 16.4 Å². The SMILES string of the molecule is CS(=O)(=O)C1CCCC(NCc2ccc(Br)s2)C1. The van der Waals surface area contributed by atoms with E-state index in [0.29, 0.717) is 6.04 Å². The summed E-state index contributed by atoms with van der Waals surface area (Å²) in [6.07, 6.45) is 5.02. The Balaban J connectivity index is 1.86. The Hall–Kier alpha value is 0.0900. The lowest BCUT2D eigenvalue weighted by Crippen LogP contribution is -2.38. The molecule has 0 spiro atoms. The predicted molar refractivity (Wildman–Crippen MR) is 79.7 cm³/mol. The monoisotopic (exact) mass is 351 g/mol. The molecule has 0 bridgehead atoms. The molecular formula is C12H18BrNO2S2. The van der Waals surface area contributed by atoms with Crippen LogP contribution in [0.25, 0.3) is 0 Å². The maximum Gasteiger partial charge on any atom is 0.150 e. The molecule has 0 amide bonds. The Labute approximate surface area is 121 Å². The summed E-state index contributed by atoms with van der Waals surface area (Å²) >= 11 is 5.16. The minimum Gasteiger partial charge on any atom is -0.309 e. The van der Waals surface area contributed by atoms with Gasteiger partial charge in [-0.25, -0.2) is 8.42 Å². The number of hydrogen-bond donors (Lipinski definition) is 1. The Morgan fingerprint density at radius 1 is 1.44 bits per heavy atom. The van der Waals surface area contributed by atoms with Gasteiger partial charge in [-0.05, 0) is 47.3 Å². The second-order valence-corrected chi connectivity index (χ2v) is 9.78. The molecule has 1 aliphatic carbocycles. The van der Waals surface area contributed by atoms with E-state index in [-0.39, 0.29) is 5.25 Å². The first-order valence-electron chi connectivity index (χ1n) is 6.11. The van der Waals surface area contributed by atoms with Gasteiger partial charge in [-0.2, -0.15) is 0 Å². The van der Waals surface area contributed by atoms with E-state index in [1.165, 1.54) is 11.1 Å². The zero-order valence-electron chi connectivity index (χ0n) is 10.4. The second kappa shape index (κ2) is 6.03. The fourth-order valence-electron chi connectivity index (χ4n) is 2.41. The van der Waals surface area contributed by atoms with E-state index >= 15 is 0 Å². The van der Waals surface area contributed by atoms with Crippen LogP contribution in [0, 0.1) is 0 Å². The van der Waals surface area contributed by atoms with Crippen LogP contribution in [0.1, 0.15) is 30.6 Å². The van der Waals surface area contributed by atoms with Crippen molar-refractivity contribution in [1.29, 1.82) is 0 Å². The Kier molecular flexibility index (Phi) is 4.86. The molecule has 6 heteroatoms. The fraction of sp³-hybridized carbons (Fsp3) is 0.667. The smallest absolute Gasteiger partial charge is 0.150 e. The van der Waals surface area contributed by atoms with E-state index in [1.807, 2.05) is 6.07 Å². The van der Waals surface area contributed by atoms with E-state index in [4.69, 9.17) is 0 Å². The van der Waals surface area contributed by atoms with Crippen LogP contribution in [-0.4, -0.2) is 26.0 Å².